The highest BCUT2D eigenvalue weighted by Gasteiger charge is 2.25. The minimum absolute atomic E-state index is 0.495. The zero-order chi connectivity index (χ0) is 13.8. The number of aromatic nitrogens is 1. The van der Waals surface area contributed by atoms with Gasteiger partial charge in [0.15, 0.2) is 0 Å². The standard InChI is InChI=1S/C17H24N2S/c1-2-9-18-17(13-6-4-3-5-7-13)14-11-16-15(19-12-14)8-10-20-16/h8,10-13,17-18H,2-7,9H2,1H3. The van der Waals surface area contributed by atoms with Crippen molar-refractivity contribution in [2.75, 3.05) is 6.54 Å². The van der Waals surface area contributed by atoms with Crippen molar-refractivity contribution in [3.8, 4) is 0 Å². The van der Waals surface area contributed by atoms with E-state index in [0.717, 1.165) is 18.0 Å². The molecule has 1 N–H and O–H groups in total. The maximum Gasteiger partial charge on any atom is 0.0809 e. The van der Waals surface area contributed by atoms with E-state index in [-0.39, 0.29) is 0 Å². The Morgan fingerprint density at radius 1 is 1.35 bits per heavy atom. The molecule has 3 heteroatoms. The van der Waals surface area contributed by atoms with Crippen LogP contribution in [-0.4, -0.2) is 11.5 Å². The summed E-state index contributed by atoms with van der Waals surface area (Å²) in [6.07, 6.45) is 10.2. The summed E-state index contributed by atoms with van der Waals surface area (Å²) in [7, 11) is 0. The van der Waals surface area contributed by atoms with Crippen molar-refractivity contribution in [3.63, 3.8) is 0 Å². The number of hydrogen-bond acceptors (Lipinski definition) is 3. The molecule has 2 heterocycles. The first-order valence-corrected chi connectivity index (χ1v) is 8.83. The molecule has 1 fully saturated rings. The van der Waals surface area contributed by atoms with E-state index in [4.69, 9.17) is 0 Å². The van der Waals surface area contributed by atoms with E-state index in [1.165, 1.54) is 48.8 Å². The fourth-order valence-corrected chi connectivity index (χ4v) is 4.14. The van der Waals surface area contributed by atoms with Crippen LogP contribution in [0.4, 0.5) is 0 Å². The minimum atomic E-state index is 0.495. The van der Waals surface area contributed by atoms with Crippen molar-refractivity contribution < 1.29 is 0 Å². The van der Waals surface area contributed by atoms with Gasteiger partial charge in [0.1, 0.15) is 0 Å². The van der Waals surface area contributed by atoms with Gasteiger partial charge in [-0.25, -0.2) is 0 Å². The first-order valence-electron chi connectivity index (χ1n) is 7.95. The maximum absolute atomic E-state index is 4.64. The molecule has 1 aliphatic rings. The lowest BCUT2D eigenvalue weighted by Gasteiger charge is -2.31. The van der Waals surface area contributed by atoms with Crippen LogP contribution in [0.25, 0.3) is 10.2 Å². The average molecular weight is 288 g/mol. The third kappa shape index (κ3) is 3.04. The number of fused-ring (bicyclic) bond motifs is 1. The van der Waals surface area contributed by atoms with Crippen molar-refractivity contribution in [2.24, 2.45) is 5.92 Å². The van der Waals surface area contributed by atoms with Crippen molar-refractivity contribution in [2.45, 2.75) is 51.5 Å². The lowest BCUT2D eigenvalue weighted by atomic mass is 9.81. The van der Waals surface area contributed by atoms with Crippen LogP contribution < -0.4 is 5.32 Å². The molecule has 0 radical (unpaired) electrons. The Kier molecular flexibility index (Phi) is 4.69. The molecule has 0 aliphatic heterocycles. The predicted octanol–water partition coefficient (Wildman–Crippen LogP) is 4.92. The molecule has 2 nitrogen and oxygen atoms in total. The van der Waals surface area contributed by atoms with Gasteiger partial charge in [0.25, 0.3) is 0 Å². The molecule has 2 aromatic rings. The Bertz CT molecular complexity index is 543. The summed E-state index contributed by atoms with van der Waals surface area (Å²) in [5.41, 5.74) is 2.52. The molecule has 108 valence electrons. The molecule has 2 aromatic heterocycles. The highest BCUT2D eigenvalue weighted by atomic mass is 32.1. The van der Waals surface area contributed by atoms with Crippen LogP contribution in [0.15, 0.2) is 23.7 Å². The molecule has 1 saturated carbocycles. The van der Waals surface area contributed by atoms with E-state index in [9.17, 15) is 0 Å². The first kappa shape index (κ1) is 14.0. The van der Waals surface area contributed by atoms with E-state index in [2.05, 4.69) is 40.9 Å². The van der Waals surface area contributed by atoms with Gasteiger partial charge < -0.3 is 5.32 Å². The average Bonchev–Trinajstić information content (AvgIpc) is 2.96. The van der Waals surface area contributed by atoms with Crippen LogP contribution in [0, 0.1) is 5.92 Å². The van der Waals surface area contributed by atoms with Gasteiger partial charge in [-0.3, -0.25) is 4.98 Å². The molecule has 0 bridgehead atoms. The van der Waals surface area contributed by atoms with Crippen molar-refractivity contribution >= 4 is 21.6 Å². The highest BCUT2D eigenvalue weighted by molar-refractivity contribution is 7.17. The van der Waals surface area contributed by atoms with Crippen molar-refractivity contribution in [3.05, 3.63) is 29.3 Å². The van der Waals surface area contributed by atoms with Crippen molar-refractivity contribution in [1.82, 2.24) is 10.3 Å². The Morgan fingerprint density at radius 2 is 2.20 bits per heavy atom. The third-order valence-electron chi connectivity index (χ3n) is 4.42. The van der Waals surface area contributed by atoms with Crippen LogP contribution in [0.3, 0.4) is 0 Å². The van der Waals surface area contributed by atoms with E-state index in [1.807, 2.05) is 0 Å². The van der Waals surface area contributed by atoms with Gasteiger partial charge in [-0.2, -0.15) is 0 Å². The largest absolute Gasteiger partial charge is 0.310 e. The van der Waals surface area contributed by atoms with Gasteiger partial charge >= 0.3 is 0 Å². The second-order valence-electron chi connectivity index (χ2n) is 5.90. The molecule has 0 amide bonds. The molecule has 20 heavy (non-hydrogen) atoms. The van der Waals surface area contributed by atoms with Crippen molar-refractivity contribution in [1.29, 1.82) is 0 Å². The Balaban J connectivity index is 1.85. The quantitative estimate of drug-likeness (QED) is 0.845. The molecule has 0 spiro atoms. The topological polar surface area (TPSA) is 24.9 Å². The summed E-state index contributed by atoms with van der Waals surface area (Å²) in [4.78, 5) is 4.64. The normalized spacial score (nSPS) is 18.4. The van der Waals surface area contributed by atoms with Crippen LogP contribution in [-0.2, 0) is 0 Å². The molecular weight excluding hydrogens is 264 g/mol. The van der Waals surface area contributed by atoms with E-state index in [1.54, 1.807) is 11.3 Å². The van der Waals surface area contributed by atoms with E-state index >= 15 is 0 Å². The summed E-state index contributed by atoms with van der Waals surface area (Å²) >= 11 is 1.80. The minimum Gasteiger partial charge on any atom is -0.310 e. The Hall–Kier alpha value is -0.930. The molecule has 0 aromatic carbocycles. The second kappa shape index (κ2) is 6.68. The molecular formula is C17H24N2S. The SMILES string of the molecule is CCCNC(c1cnc2ccsc2c1)C1CCCCC1. The van der Waals surface area contributed by atoms with Crippen LogP contribution in [0.2, 0.25) is 0 Å². The first-order chi connectivity index (χ1) is 9.88. The maximum atomic E-state index is 4.64. The summed E-state index contributed by atoms with van der Waals surface area (Å²) in [6.45, 7) is 3.34. The number of thiophene rings is 1. The van der Waals surface area contributed by atoms with E-state index in [0.29, 0.717) is 6.04 Å². The molecule has 0 saturated heterocycles. The van der Waals surface area contributed by atoms with Gasteiger partial charge in [0.05, 0.1) is 10.2 Å². The number of hydrogen-bond donors (Lipinski definition) is 1. The van der Waals surface area contributed by atoms with Gasteiger partial charge in [-0.05, 0) is 54.8 Å². The van der Waals surface area contributed by atoms with Crippen LogP contribution >= 0.6 is 11.3 Å². The smallest absolute Gasteiger partial charge is 0.0809 e. The summed E-state index contributed by atoms with van der Waals surface area (Å²) in [5.74, 6) is 0.787. The molecule has 1 atom stereocenters. The monoisotopic (exact) mass is 288 g/mol. The Labute approximate surface area is 125 Å². The van der Waals surface area contributed by atoms with Gasteiger partial charge in [-0.1, -0.05) is 26.2 Å². The van der Waals surface area contributed by atoms with Crippen LogP contribution in [0.1, 0.15) is 57.1 Å². The number of pyridine rings is 1. The third-order valence-corrected chi connectivity index (χ3v) is 5.27. The zero-order valence-electron chi connectivity index (χ0n) is 12.3. The summed E-state index contributed by atoms with van der Waals surface area (Å²) in [5, 5.41) is 5.91. The lowest BCUT2D eigenvalue weighted by Crippen LogP contribution is -2.30. The lowest BCUT2D eigenvalue weighted by molar-refractivity contribution is 0.272. The van der Waals surface area contributed by atoms with Crippen LogP contribution in [0.5, 0.6) is 0 Å². The van der Waals surface area contributed by atoms with Gasteiger partial charge in [-0.15, -0.1) is 11.3 Å². The number of rotatable bonds is 5. The predicted molar refractivity (Wildman–Crippen MR) is 87.2 cm³/mol. The van der Waals surface area contributed by atoms with E-state index < -0.39 is 0 Å². The fourth-order valence-electron chi connectivity index (χ4n) is 3.36. The number of nitrogens with zero attached hydrogens (tertiary/aromatic N) is 1. The molecule has 3 rings (SSSR count). The highest BCUT2D eigenvalue weighted by Crippen LogP contribution is 2.35. The van der Waals surface area contributed by atoms with Gasteiger partial charge in [0.2, 0.25) is 0 Å². The molecule has 1 unspecified atom stereocenters. The summed E-state index contributed by atoms with van der Waals surface area (Å²) < 4.78 is 1.32. The zero-order valence-corrected chi connectivity index (χ0v) is 13.1. The number of nitrogens with one attached hydrogen (secondary N) is 1. The second-order valence-corrected chi connectivity index (χ2v) is 6.85. The fraction of sp³-hybridized carbons (Fsp3) is 0.588. The van der Waals surface area contributed by atoms with Gasteiger partial charge in [0, 0.05) is 12.2 Å². The molecule has 1 aliphatic carbocycles. The Morgan fingerprint density at radius 3 is 3.00 bits per heavy atom. The summed E-state index contributed by atoms with van der Waals surface area (Å²) in [6, 6.07) is 4.96.